The zero-order valence-electron chi connectivity index (χ0n) is 18.0. The summed E-state index contributed by atoms with van der Waals surface area (Å²) >= 11 is 1.26. The molecule has 0 fully saturated rings. The molecule has 3 rings (SSSR count). The third-order valence-electron chi connectivity index (χ3n) is 4.74. The number of aromatic hydroxyl groups is 2. The average molecular weight is 427 g/mol. The van der Waals surface area contributed by atoms with Crippen molar-refractivity contribution < 1.29 is 19.7 Å². The Morgan fingerprint density at radius 2 is 1.80 bits per heavy atom. The number of phenols is 2. The Hall–Kier alpha value is -2.93. The number of amidine groups is 1. The lowest BCUT2D eigenvalue weighted by Crippen LogP contribution is -2.16. The van der Waals surface area contributed by atoms with Crippen LogP contribution in [-0.2, 0) is 10.2 Å². The second-order valence-electron chi connectivity index (χ2n) is 8.30. The molecule has 2 aromatic rings. The van der Waals surface area contributed by atoms with Crippen LogP contribution in [0.25, 0.3) is 17.2 Å². The number of thioether (sulfide) groups is 1. The predicted molar refractivity (Wildman–Crippen MR) is 122 cm³/mol. The van der Waals surface area contributed by atoms with Crippen molar-refractivity contribution in [3.8, 4) is 28.4 Å². The summed E-state index contributed by atoms with van der Waals surface area (Å²) in [6.45, 7) is 6.10. The van der Waals surface area contributed by atoms with Crippen molar-refractivity contribution in [2.45, 2.75) is 26.2 Å². The summed E-state index contributed by atoms with van der Waals surface area (Å²) < 4.78 is 5.36. The van der Waals surface area contributed by atoms with Crippen molar-refractivity contribution in [1.29, 1.82) is 0 Å². The molecule has 0 bridgehead atoms. The lowest BCUT2D eigenvalue weighted by Gasteiger charge is -2.21. The topological polar surface area (TPSA) is 82.4 Å². The van der Waals surface area contributed by atoms with Crippen LogP contribution in [0.2, 0.25) is 0 Å². The first-order valence-electron chi connectivity index (χ1n) is 9.46. The van der Waals surface area contributed by atoms with Gasteiger partial charge in [-0.2, -0.15) is 4.99 Å². The van der Waals surface area contributed by atoms with Crippen molar-refractivity contribution in [2.75, 3.05) is 21.2 Å². The minimum atomic E-state index is -0.341. The summed E-state index contributed by atoms with van der Waals surface area (Å²) in [5.74, 6) is 0.150. The zero-order valence-corrected chi connectivity index (χ0v) is 18.8. The summed E-state index contributed by atoms with van der Waals surface area (Å²) in [5, 5.41) is 21.5. The van der Waals surface area contributed by atoms with E-state index in [-0.39, 0.29) is 22.8 Å². The van der Waals surface area contributed by atoms with E-state index >= 15 is 0 Å². The normalized spacial score (nSPS) is 15.5. The summed E-state index contributed by atoms with van der Waals surface area (Å²) in [6, 6.07) is 8.95. The fourth-order valence-electron chi connectivity index (χ4n) is 3.11. The number of carbonyl (C=O) groups excluding carboxylic acids is 1. The molecule has 0 saturated carbocycles. The SMILES string of the molecule is COc1cc(-c2ccc(O)c(C(C)(C)C)c2)cc(C=C2SC(N(C)C)=NC2=O)c1O. The lowest BCUT2D eigenvalue weighted by molar-refractivity contribution is -0.113. The maximum Gasteiger partial charge on any atom is 0.286 e. The standard InChI is InChI=1S/C23H26N2O4S/c1-23(2,3)16-10-13(7-8-17(16)26)14-9-15(20(27)18(11-14)29-6)12-19-21(28)24-22(30-19)25(4)5/h7-12,26-27H,1-6H3. The summed E-state index contributed by atoms with van der Waals surface area (Å²) in [7, 11) is 5.12. The molecule has 0 saturated heterocycles. The number of methoxy groups -OCH3 is 1. The van der Waals surface area contributed by atoms with Gasteiger partial charge in [-0.1, -0.05) is 26.8 Å². The monoisotopic (exact) mass is 426 g/mol. The molecule has 0 unspecified atom stereocenters. The summed E-state index contributed by atoms with van der Waals surface area (Å²) in [5.41, 5.74) is 2.70. The highest BCUT2D eigenvalue weighted by Gasteiger charge is 2.24. The smallest absolute Gasteiger partial charge is 0.286 e. The Kier molecular flexibility index (Phi) is 5.85. The Bertz CT molecular complexity index is 1070. The molecular weight excluding hydrogens is 400 g/mol. The van der Waals surface area contributed by atoms with Crippen LogP contribution in [0.3, 0.4) is 0 Å². The minimum absolute atomic E-state index is 0.0460. The Balaban J connectivity index is 2.10. The van der Waals surface area contributed by atoms with Gasteiger partial charge < -0.3 is 19.8 Å². The number of rotatable bonds is 3. The van der Waals surface area contributed by atoms with Crippen LogP contribution in [0, 0.1) is 0 Å². The van der Waals surface area contributed by atoms with E-state index in [1.807, 2.05) is 47.0 Å². The van der Waals surface area contributed by atoms with E-state index < -0.39 is 0 Å². The molecule has 0 atom stereocenters. The molecule has 1 heterocycles. The zero-order chi connectivity index (χ0) is 22.2. The van der Waals surface area contributed by atoms with E-state index in [2.05, 4.69) is 4.99 Å². The first-order valence-corrected chi connectivity index (χ1v) is 10.3. The number of ether oxygens (including phenoxy) is 1. The van der Waals surface area contributed by atoms with Crippen molar-refractivity contribution >= 4 is 28.9 Å². The first-order chi connectivity index (χ1) is 14.0. The van der Waals surface area contributed by atoms with E-state index in [0.29, 0.717) is 21.4 Å². The Labute approximate surface area is 180 Å². The van der Waals surface area contributed by atoms with E-state index in [1.54, 1.807) is 29.2 Å². The van der Waals surface area contributed by atoms with Gasteiger partial charge >= 0.3 is 0 Å². The number of amides is 1. The molecule has 2 aromatic carbocycles. The van der Waals surface area contributed by atoms with Gasteiger partial charge in [0.05, 0.1) is 12.0 Å². The molecule has 158 valence electrons. The van der Waals surface area contributed by atoms with Crippen LogP contribution in [0.1, 0.15) is 31.9 Å². The minimum Gasteiger partial charge on any atom is -0.508 e. The number of benzene rings is 2. The highest BCUT2D eigenvalue weighted by atomic mass is 32.2. The molecule has 1 aliphatic rings. The van der Waals surface area contributed by atoms with Gasteiger partial charge in [-0.05, 0) is 64.2 Å². The van der Waals surface area contributed by atoms with E-state index in [1.165, 1.54) is 18.9 Å². The molecule has 1 amide bonds. The maximum atomic E-state index is 12.3. The number of nitrogens with zero attached hydrogens (tertiary/aromatic N) is 2. The predicted octanol–water partition coefficient (Wildman–Crippen LogP) is 4.60. The average Bonchev–Trinajstić information content (AvgIpc) is 3.03. The molecule has 0 aromatic heterocycles. The third-order valence-corrected chi connectivity index (χ3v) is 5.89. The van der Waals surface area contributed by atoms with Crippen LogP contribution >= 0.6 is 11.8 Å². The lowest BCUT2D eigenvalue weighted by atomic mass is 9.84. The number of carbonyl (C=O) groups is 1. The molecule has 30 heavy (non-hydrogen) atoms. The molecule has 7 heteroatoms. The maximum absolute atomic E-state index is 12.3. The van der Waals surface area contributed by atoms with Crippen molar-refractivity contribution in [3.05, 3.63) is 46.4 Å². The van der Waals surface area contributed by atoms with Crippen molar-refractivity contribution in [1.82, 2.24) is 4.90 Å². The molecule has 0 spiro atoms. The highest BCUT2D eigenvalue weighted by Crippen LogP contribution is 2.40. The third kappa shape index (κ3) is 4.31. The van der Waals surface area contributed by atoms with Gasteiger partial charge in [0.1, 0.15) is 5.75 Å². The van der Waals surface area contributed by atoms with Gasteiger partial charge in [0.25, 0.3) is 5.91 Å². The van der Waals surface area contributed by atoms with Gasteiger partial charge in [-0.3, -0.25) is 4.79 Å². The molecule has 1 aliphatic heterocycles. The quantitative estimate of drug-likeness (QED) is 0.698. The van der Waals surface area contributed by atoms with Crippen LogP contribution in [-0.4, -0.2) is 47.4 Å². The number of aliphatic imine (C=N–C) groups is 1. The van der Waals surface area contributed by atoms with Gasteiger partial charge in [0.2, 0.25) is 0 Å². The van der Waals surface area contributed by atoms with Gasteiger partial charge in [0, 0.05) is 19.7 Å². The fraction of sp³-hybridized carbons (Fsp3) is 0.304. The molecule has 2 N–H and O–H groups in total. The largest absolute Gasteiger partial charge is 0.508 e. The second-order valence-corrected chi connectivity index (χ2v) is 9.31. The van der Waals surface area contributed by atoms with Crippen LogP contribution in [0.15, 0.2) is 40.2 Å². The fourth-order valence-corrected chi connectivity index (χ4v) is 3.94. The van der Waals surface area contributed by atoms with Crippen LogP contribution in [0.4, 0.5) is 0 Å². The Morgan fingerprint density at radius 3 is 2.37 bits per heavy atom. The molecular formula is C23H26N2O4S. The van der Waals surface area contributed by atoms with E-state index in [0.717, 1.165) is 16.7 Å². The van der Waals surface area contributed by atoms with Crippen molar-refractivity contribution in [2.24, 2.45) is 4.99 Å². The summed E-state index contributed by atoms with van der Waals surface area (Å²) in [6.07, 6.45) is 1.62. The van der Waals surface area contributed by atoms with Crippen molar-refractivity contribution in [3.63, 3.8) is 0 Å². The van der Waals surface area contributed by atoms with E-state index in [4.69, 9.17) is 4.74 Å². The van der Waals surface area contributed by atoms with Gasteiger partial charge in [-0.25, -0.2) is 0 Å². The highest BCUT2D eigenvalue weighted by molar-refractivity contribution is 8.18. The van der Waals surface area contributed by atoms with Gasteiger partial charge in [-0.15, -0.1) is 0 Å². The molecule has 6 nitrogen and oxygen atoms in total. The number of hydrogen-bond donors (Lipinski definition) is 2. The molecule has 0 aliphatic carbocycles. The van der Waals surface area contributed by atoms with Crippen LogP contribution in [0.5, 0.6) is 17.2 Å². The summed E-state index contributed by atoms with van der Waals surface area (Å²) in [4.78, 5) is 18.5. The Morgan fingerprint density at radius 1 is 1.10 bits per heavy atom. The first kappa shape index (κ1) is 21.8. The second kappa shape index (κ2) is 8.07. The van der Waals surface area contributed by atoms with E-state index in [9.17, 15) is 15.0 Å². The van der Waals surface area contributed by atoms with Gasteiger partial charge in [0.15, 0.2) is 16.7 Å². The number of hydrogen-bond acceptors (Lipinski definition) is 6. The van der Waals surface area contributed by atoms with Crippen LogP contribution < -0.4 is 4.74 Å². The molecule has 0 radical (unpaired) electrons. The number of phenolic OH excluding ortho intramolecular Hbond substituents is 2.